The fourth-order valence-electron chi connectivity index (χ4n) is 1.53. The van der Waals surface area contributed by atoms with Gasteiger partial charge in [0.25, 0.3) is 0 Å². The van der Waals surface area contributed by atoms with Crippen molar-refractivity contribution in [1.82, 2.24) is 9.55 Å². The zero-order valence-corrected chi connectivity index (χ0v) is 11.0. The van der Waals surface area contributed by atoms with Gasteiger partial charge < -0.3 is 14.4 Å². The second kappa shape index (κ2) is 5.23. The van der Waals surface area contributed by atoms with Gasteiger partial charge in [-0.1, -0.05) is 6.07 Å². The molecular formula is C12H13BrN2O2. The van der Waals surface area contributed by atoms with Crippen molar-refractivity contribution in [3.05, 3.63) is 40.9 Å². The van der Waals surface area contributed by atoms with Crippen molar-refractivity contribution >= 4 is 15.9 Å². The number of phenols is 1. The van der Waals surface area contributed by atoms with Crippen LogP contribution in [-0.4, -0.2) is 14.7 Å². The average Bonchev–Trinajstić information content (AvgIpc) is 2.67. The third kappa shape index (κ3) is 3.00. The highest BCUT2D eigenvalue weighted by molar-refractivity contribution is 9.10. The zero-order valence-electron chi connectivity index (χ0n) is 9.43. The Morgan fingerprint density at radius 2 is 2.29 bits per heavy atom. The summed E-state index contributed by atoms with van der Waals surface area (Å²) in [4.78, 5) is 4.31. The smallest absolute Gasteiger partial charge is 0.148 e. The maximum Gasteiger partial charge on any atom is 0.148 e. The van der Waals surface area contributed by atoms with Crippen molar-refractivity contribution in [3.63, 3.8) is 0 Å². The summed E-state index contributed by atoms with van der Waals surface area (Å²) < 4.78 is 8.37. The number of imidazole rings is 1. The number of benzene rings is 1. The summed E-state index contributed by atoms with van der Waals surface area (Å²) in [5, 5.41) is 9.31. The van der Waals surface area contributed by atoms with E-state index < -0.39 is 0 Å². The topological polar surface area (TPSA) is 47.3 Å². The fraction of sp³-hybridized carbons (Fsp3) is 0.250. The number of ether oxygens (including phenoxy) is 1. The Kier molecular flexibility index (Phi) is 3.68. The molecule has 0 aliphatic carbocycles. The number of aromatic hydroxyl groups is 1. The van der Waals surface area contributed by atoms with Gasteiger partial charge in [-0.2, -0.15) is 0 Å². The van der Waals surface area contributed by atoms with Crippen molar-refractivity contribution in [3.8, 4) is 11.5 Å². The molecule has 1 aromatic carbocycles. The predicted octanol–water partition coefficient (Wildman–Crippen LogP) is 2.95. The molecule has 0 unspecified atom stereocenters. The van der Waals surface area contributed by atoms with Gasteiger partial charge in [-0.15, -0.1) is 0 Å². The van der Waals surface area contributed by atoms with Crippen molar-refractivity contribution in [2.24, 2.45) is 0 Å². The first kappa shape index (κ1) is 12.0. The molecule has 90 valence electrons. The molecule has 0 spiro atoms. The van der Waals surface area contributed by atoms with E-state index in [9.17, 15) is 5.11 Å². The van der Waals surface area contributed by atoms with E-state index in [0.717, 1.165) is 17.0 Å². The van der Waals surface area contributed by atoms with Crippen molar-refractivity contribution in [2.75, 3.05) is 0 Å². The zero-order chi connectivity index (χ0) is 12.3. The lowest BCUT2D eigenvalue weighted by molar-refractivity contribution is 0.288. The summed E-state index contributed by atoms with van der Waals surface area (Å²) in [5.74, 6) is 1.68. The second-order valence-corrected chi connectivity index (χ2v) is 4.36. The molecule has 2 rings (SSSR count). The molecule has 0 bridgehead atoms. The third-order valence-corrected chi connectivity index (χ3v) is 2.74. The Hall–Kier alpha value is -1.49. The highest BCUT2D eigenvalue weighted by atomic mass is 79.9. The molecule has 5 heteroatoms. The van der Waals surface area contributed by atoms with E-state index in [4.69, 9.17) is 4.74 Å². The van der Waals surface area contributed by atoms with Crippen LogP contribution in [0.25, 0.3) is 0 Å². The van der Waals surface area contributed by atoms with Crippen LogP contribution >= 0.6 is 15.9 Å². The Labute approximate surface area is 108 Å². The van der Waals surface area contributed by atoms with E-state index in [1.807, 2.05) is 17.7 Å². The molecule has 0 aliphatic heterocycles. The molecule has 4 nitrogen and oxygen atoms in total. The average molecular weight is 297 g/mol. The van der Waals surface area contributed by atoms with Crippen LogP contribution in [0.5, 0.6) is 11.5 Å². The van der Waals surface area contributed by atoms with Gasteiger partial charge >= 0.3 is 0 Å². The lowest BCUT2D eigenvalue weighted by atomic mass is 10.3. The summed E-state index contributed by atoms with van der Waals surface area (Å²) >= 11 is 3.33. The number of aromatic nitrogens is 2. The number of halogens is 1. The quantitative estimate of drug-likeness (QED) is 0.944. The normalized spacial score (nSPS) is 10.5. The maximum absolute atomic E-state index is 9.31. The van der Waals surface area contributed by atoms with E-state index in [1.54, 1.807) is 24.3 Å². The van der Waals surface area contributed by atoms with E-state index >= 15 is 0 Å². The summed E-state index contributed by atoms with van der Waals surface area (Å²) in [6.45, 7) is 3.27. The van der Waals surface area contributed by atoms with E-state index in [0.29, 0.717) is 12.4 Å². The van der Waals surface area contributed by atoms with Crippen molar-refractivity contribution < 1.29 is 9.84 Å². The number of aryl methyl sites for hydroxylation is 1. The molecule has 0 amide bonds. The molecule has 1 aromatic heterocycles. The summed E-state index contributed by atoms with van der Waals surface area (Å²) in [6, 6.07) is 6.73. The first-order valence-corrected chi connectivity index (χ1v) is 6.11. The standard InChI is InChI=1S/C12H13BrN2O2/c1-2-15-7-11(13)14-12(15)8-17-10-5-3-4-9(16)6-10/h3-7,16H,2,8H2,1H3. The molecule has 0 radical (unpaired) electrons. The minimum Gasteiger partial charge on any atom is -0.508 e. The number of rotatable bonds is 4. The Morgan fingerprint density at radius 1 is 1.47 bits per heavy atom. The number of hydrogen-bond donors (Lipinski definition) is 1. The van der Waals surface area contributed by atoms with Crippen LogP contribution < -0.4 is 4.74 Å². The van der Waals surface area contributed by atoms with Gasteiger partial charge in [0.15, 0.2) is 0 Å². The van der Waals surface area contributed by atoms with Gasteiger partial charge in [-0.3, -0.25) is 0 Å². The lowest BCUT2D eigenvalue weighted by Gasteiger charge is -2.07. The SMILES string of the molecule is CCn1cc(Br)nc1COc1cccc(O)c1. The van der Waals surface area contributed by atoms with E-state index in [2.05, 4.69) is 20.9 Å². The minimum absolute atomic E-state index is 0.197. The molecule has 0 saturated carbocycles. The van der Waals surface area contributed by atoms with Gasteiger partial charge in [0.1, 0.15) is 28.5 Å². The molecule has 2 aromatic rings. The summed E-state index contributed by atoms with van der Waals surface area (Å²) in [5.41, 5.74) is 0. The van der Waals surface area contributed by atoms with Gasteiger partial charge in [-0.05, 0) is 35.0 Å². The number of nitrogens with zero attached hydrogens (tertiary/aromatic N) is 2. The van der Waals surface area contributed by atoms with Gasteiger partial charge in [0.2, 0.25) is 0 Å². The van der Waals surface area contributed by atoms with Crippen molar-refractivity contribution in [2.45, 2.75) is 20.1 Å². The summed E-state index contributed by atoms with van der Waals surface area (Å²) in [7, 11) is 0. The molecule has 1 heterocycles. The van der Waals surface area contributed by atoms with Crippen molar-refractivity contribution in [1.29, 1.82) is 0 Å². The Bertz CT molecular complexity index is 511. The van der Waals surface area contributed by atoms with E-state index in [-0.39, 0.29) is 5.75 Å². The van der Waals surface area contributed by atoms with Crippen LogP contribution in [0.15, 0.2) is 35.1 Å². The second-order valence-electron chi connectivity index (χ2n) is 3.55. The minimum atomic E-state index is 0.197. The van der Waals surface area contributed by atoms with Crippen LogP contribution in [0, 0.1) is 0 Å². The summed E-state index contributed by atoms with van der Waals surface area (Å²) in [6.07, 6.45) is 1.92. The third-order valence-electron chi connectivity index (χ3n) is 2.36. The molecule has 0 atom stereocenters. The lowest BCUT2D eigenvalue weighted by Crippen LogP contribution is -2.05. The first-order chi connectivity index (χ1) is 8.19. The predicted molar refractivity (Wildman–Crippen MR) is 68.0 cm³/mol. The van der Waals surface area contributed by atoms with Gasteiger partial charge in [-0.25, -0.2) is 4.98 Å². The molecular weight excluding hydrogens is 284 g/mol. The molecule has 17 heavy (non-hydrogen) atoms. The van der Waals surface area contributed by atoms with E-state index in [1.165, 1.54) is 0 Å². The molecule has 1 N–H and O–H groups in total. The molecule has 0 aliphatic rings. The highest BCUT2D eigenvalue weighted by Crippen LogP contribution is 2.19. The fourth-order valence-corrected chi connectivity index (χ4v) is 1.98. The molecule has 0 fully saturated rings. The van der Waals surface area contributed by atoms with Gasteiger partial charge in [0, 0.05) is 18.8 Å². The van der Waals surface area contributed by atoms with Crippen LogP contribution in [0.3, 0.4) is 0 Å². The van der Waals surface area contributed by atoms with Gasteiger partial charge in [0.05, 0.1) is 0 Å². The monoisotopic (exact) mass is 296 g/mol. The highest BCUT2D eigenvalue weighted by Gasteiger charge is 2.06. The first-order valence-electron chi connectivity index (χ1n) is 5.32. The Balaban J connectivity index is 2.06. The Morgan fingerprint density at radius 3 is 3.00 bits per heavy atom. The van der Waals surface area contributed by atoms with Crippen LogP contribution in [-0.2, 0) is 13.2 Å². The van der Waals surface area contributed by atoms with Crippen LogP contribution in [0.4, 0.5) is 0 Å². The number of hydrogen-bond acceptors (Lipinski definition) is 3. The largest absolute Gasteiger partial charge is 0.508 e. The maximum atomic E-state index is 9.31. The number of phenolic OH excluding ortho intramolecular Hbond substituents is 1. The van der Waals surface area contributed by atoms with Crippen LogP contribution in [0.2, 0.25) is 0 Å². The molecule has 0 saturated heterocycles. The van der Waals surface area contributed by atoms with Crippen LogP contribution in [0.1, 0.15) is 12.7 Å².